The first-order valence-corrected chi connectivity index (χ1v) is 5.09. The van der Waals surface area contributed by atoms with Crippen molar-refractivity contribution in [3.05, 3.63) is 24.8 Å². The van der Waals surface area contributed by atoms with Crippen LogP contribution in [0, 0.1) is 0 Å². The zero-order chi connectivity index (χ0) is 11.4. The Morgan fingerprint density at radius 3 is 2.81 bits per heavy atom. The Morgan fingerprint density at radius 2 is 2.12 bits per heavy atom. The molecule has 2 rings (SSSR count). The summed E-state index contributed by atoms with van der Waals surface area (Å²) in [7, 11) is 1.87. The van der Waals surface area contributed by atoms with E-state index in [0.29, 0.717) is 0 Å². The molecule has 0 amide bonds. The van der Waals surface area contributed by atoms with Crippen LogP contribution in [0.25, 0.3) is 0 Å². The van der Waals surface area contributed by atoms with E-state index in [9.17, 15) is 0 Å². The first-order valence-electron chi connectivity index (χ1n) is 5.09. The maximum Gasteiger partial charge on any atom is 0.135 e. The number of nitrogens with one attached hydrogen (secondary N) is 2. The Labute approximate surface area is 93.7 Å². The van der Waals surface area contributed by atoms with Gasteiger partial charge in [0.2, 0.25) is 0 Å². The minimum atomic E-state index is 0.749. The van der Waals surface area contributed by atoms with Gasteiger partial charge >= 0.3 is 0 Å². The zero-order valence-corrected chi connectivity index (χ0v) is 9.31. The van der Waals surface area contributed by atoms with Crippen molar-refractivity contribution in [2.75, 3.05) is 17.2 Å². The minimum Gasteiger partial charge on any atom is -0.370 e. The van der Waals surface area contributed by atoms with E-state index >= 15 is 0 Å². The van der Waals surface area contributed by atoms with Crippen LogP contribution in [-0.2, 0) is 7.05 Å². The quantitative estimate of drug-likeness (QED) is 0.811. The topological polar surface area (TPSA) is 67.7 Å². The van der Waals surface area contributed by atoms with Crippen molar-refractivity contribution in [2.45, 2.75) is 6.92 Å². The molecule has 0 radical (unpaired) electrons. The molecule has 0 saturated heterocycles. The highest BCUT2D eigenvalue weighted by Crippen LogP contribution is 2.14. The summed E-state index contributed by atoms with van der Waals surface area (Å²) in [4.78, 5) is 8.22. The second kappa shape index (κ2) is 4.61. The molecule has 16 heavy (non-hydrogen) atoms. The van der Waals surface area contributed by atoms with Gasteiger partial charge in [0.05, 0.1) is 11.9 Å². The lowest BCUT2D eigenvalue weighted by Crippen LogP contribution is -2.01. The summed E-state index contributed by atoms with van der Waals surface area (Å²) in [5.41, 5.74) is 0.906. The molecule has 6 nitrogen and oxygen atoms in total. The lowest BCUT2D eigenvalue weighted by Gasteiger charge is -2.05. The highest BCUT2D eigenvalue weighted by Gasteiger charge is 2.00. The molecule has 6 heteroatoms. The van der Waals surface area contributed by atoms with Crippen LogP contribution in [0.4, 0.5) is 17.3 Å². The predicted octanol–water partition coefficient (Wildman–Crippen LogP) is 1.39. The highest BCUT2D eigenvalue weighted by atomic mass is 15.3. The molecule has 2 heterocycles. The fourth-order valence-corrected chi connectivity index (χ4v) is 1.34. The molecule has 0 fully saturated rings. The number of rotatable bonds is 4. The van der Waals surface area contributed by atoms with Gasteiger partial charge in [0.15, 0.2) is 0 Å². The molecule has 0 aliphatic heterocycles. The van der Waals surface area contributed by atoms with E-state index in [1.54, 1.807) is 10.9 Å². The van der Waals surface area contributed by atoms with Crippen molar-refractivity contribution in [3.8, 4) is 0 Å². The molecule has 0 saturated carbocycles. The van der Waals surface area contributed by atoms with Crippen molar-refractivity contribution in [1.82, 2.24) is 19.7 Å². The van der Waals surface area contributed by atoms with Crippen LogP contribution in [0.1, 0.15) is 6.92 Å². The third-order valence-electron chi connectivity index (χ3n) is 2.00. The molecule has 0 unspecified atom stereocenters. The van der Waals surface area contributed by atoms with Crippen molar-refractivity contribution in [3.63, 3.8) is 0 Å². The van der Waals surface area contributed by atoms with E-state index in [4.69, 9.17) is 0 Å². The van der Waals surface area contributed by atoms with E-state index in [2.05, 4.69) is 25.7 Å². The van der Waals surface area contributed by atoms with E-state index in [1.807, 2.05) is 26.2 Å². The summed E-state index contributed by atoms with van der Waals surface area (Å²) in [6.07, 6.45) is 5.15. The Balaban J connectivity index is 2.12. The van der Waals surface area contributed by atoms with E-state index in [0.717, 1.165) is 23.9 Å². The van der Waals surface area contributed by atoms with Crippen molar-refractivity contribution >= 4 is 17.3 Å². The molecule has 2 N–H and O–H groups in total. The molecule has 0 aliphatic rings. The smallest absolute Gasteiger partial charge is 0.135 e. The first-order chi connectivity index (χ1) is 7.78. The number of hydrogen-bond acceptors (Lipinski definition) is 5. The van der Waals surface area contributed by atoms with Gasteiger partial charge < -0.3 is 10.6 Å². The Bertz CT molecular complexity index is 464. The number of hydrogen-bond donors (Lipinski definition) is 2. The van der Waals surface area contributed by atoms with E-state index in [1.165, 1.54) is 6.33 Å². The largest absolute Gasteiger partial charge is 0.370 e. The Morgan fingerprint density at radius 1 is 1.31 bits per heavy atom. The summed E-state index contributed by atoms with van der Waals surface area (Å²) in [6, 6.07) is 1.86. The standard InChI is InChI=1S/C10H14N6/c1-3-11-9-4-10(13-7-12-9)15-8-5-14-16(2)6-8/h4-7H,3H2,1-2H3,(H2,11,12,13,15). The molecule has 84 valence electrons. The van der Waals surface area contributed by atoms with Crippen LogP contribution in [0.5, 0.6) is 0 Å². The fraction of sp³-hybridized carbons (Fsp3) is 0.300. The number of aromatic nitrogens is 4. The Hall–Kier alpha value is -2.11. The summed E-state index contributed by atoms with van der Waals surface area (Å²) in [5.74, 6) is 1.56. The van der Waals surface area contributed by atoms with Crippen LogP contribution in [-0.4, -0.2) is 26.3 Å². The minimum absolute atomic E-state index is 0.749. The van der Waals surface area contributed by atoms with Gasteiger partial charge in [0.25, 0.3) is 0 Å². The molecular formula is C10H14N6. The van der Waals surface area contributed by atoms with Crippen LogP contribution in [0.3, 0.4) is 0 Å². The molecule has 2 aromatic rings. The molecule has 0 aromatic carbocycles. The van der Waals surface area contributed by atoms with Gasteiger partial charge in [0.1, 0.15) is 18.0 Å². The average Bonchev–Trinajstić information content (AvgIpc) is 2.65. The van der Waals surface area contributed by atoms with Crippen LogP contribution in [0.15, 0.2) is 24.8 Å². The fourth-order valence-electron chi connectivity index (χ4n) is 1.34. The molecule has 0 bridgehead atoms. The molecule has 2 aromatic heterocycles. The van der Waals surface area contributed by atoms with Crippen LogP contribution >= 0.6 is 0 Å². The van der Waals surface area contributed by atoms with Crippen LogP contribution < -0.4 is 10.6 Å². The van der Waals surface area contributed by atoms with E-state index < -0.39 is 0 Å². The van der Waals surface area contributed by atoms with Gasteiger partial charge in [0, 0.05) is 25.9 Å². The lowest BCUT2D eigenvalue weighted by molar-refractivity contribution is 0.768. The van der Waals surface area contributed by atoms with Crippen molar-refractivity contribution < 1.29 is 0 Å². The molecule has 0 spiro atoms. The average molecular weight is 218 g/mol. The lowest BCUT2D eigenvalue weighted by atomic mass is 10.4. The maximum atomic E-state index is 4.13. The third-order valence-corrected chi connectivity index (χ3v) is 2.00. The number of aryl methyl sites for hydroxylation is 1. The molecule has 0 aliphatic carbocycles. The monoisotopic (exact) mass is 218 g/mol. The summed E-state index contributed by atoms with van der Waals surface area (Å²) in [5, 5.41) is 10.3. The number of anilines is 3. The normalized spacial score (nSPS) is 10.1. The van der Waals surface area contributed by atoms with Gasteiger partial charge in [-0.25, -0.2) is 9.97 Å². The van der Waals surface area contributed by atoms with Crippen molar-refractivity contribution in [1.29, 1.82) is 0 Å². The van der Waals surface area contributed by atoms with Gasteiger partial charge in [-0.05, 0) is 6.92 Å². The van der Waals surface area contributed by atoms with Gasteiger partial charge in [-0.1, -0.05) is 0 Å². The Kier molecular flexibility index (Phi) is 3.00. The van der Waals surface area contributed by atoms with Gasteiger partial charge in [-0.15, -0.1) is 0 Å². The summed E-state index contributed by atoms with van der Waals surface area (Å²) >= 11 is 0. The third kappa shape index (κ3) is 2.47. The van der Waals surface area contributed by atoms with Crippen molar-refractivity contribution in [2.24, 2.45) is 7.05 Å². The second-order valence-electron chi connectivity index (χ2n) is 3.35. The molecular weight excluding hydrogens is 204 g/mol. The highest BCUT2D eigenvalue weighted by molar-refractivity contribution is 5.57. The first kappa shape index (κ1) is 10.4. The van der Waals surface area contributed by atoms with E-state index in [-0.39, 0.29) is 0 Å². The summed E-state index contributed by atoms with van der Waals surface area (Å²) < 4.78 is 1.73. The maximum absolute atomic E-state index is 4.13. The molecule has 0 atom stereocenters. The van der Waals surface area contributed by atoms with Gasteiger partial charge in [-0.2, -0.15) is 5.10 Å². The SMILES string of the molecule is CCNc1cc(Nc2cnn(C)c2)ncn1. The number of nitrogens with zero attached hydrogens (tertiary/aromatic N) is 4. The zero-order valence-electron chi connectivity index (χ0n) is 9.31. The predicted molar refractivity (Wildman–Crippen MR) is 62.7 cm³/mol. The van der Waals surface area contributed by atoms with Crippen LogP contribution in [0.2, 0.25) is 0 Å². The summed E-state index contributed by atoms with van der Waals surface area (Å²) in [6.45, 7) is 2.86. The van der Waals surface area contributed by atoms with Gasteiger partial charge in [-0.3, -0.25) is 4.68 Å². The second-order valence-corrected chi connectivity index (χ2v) is 3.35.